The fraction of sp³-hybridized carbons (Fsp3) is 0. The van der Waals surface area contributed by atoms with Crippen LogP contribution in [0, 0.1) is 0 Å². The number of primary sulfonamides is 1. The summed E-state index contributed by atoms with van der Waals surface area (Å²) in [4.78, 5) is 16.5. The van der Waals surface area contributed by atoms with Crippen molar-refractivity contribution < 1.29 is 17.6 Å². The number of aliphatic imine (C=N–C) groups is 1. The summed E-state index contributed by atoms with van der Waals surface area (Å²) in [7, 11) is -3.75. The third kappa shape index (κ3) is 3.70. The van der Waals surface area contributed by atoms with Crippen molar-refractivity contribution in [3.8, 4) is 0 Å². The lowest BCUT2D eigenvalue weighted by molar-refractivity contribution is 0.265. The van der Waals surface area contributed by atoms with Crippen LogP contribution >= 0.6 is 11.8 Å². The van der Waals surface area contributed by atoms with Gasteiger partial charge in [0.25, 0.3) is 5.24 Å². The van der Waals surface area contributed by atoms with E-state index in [0.717, 1.165) is 11.8 Å². The number of amidine groups is 1. The summed E-state index contributed by atoms with van der Waals surface area (Å²) in [6.07, 6.45) is 3.23. The van der Waals surface area contributed by atoms with Crippen molar-refractivity contribution in [2.24, 2.45) is 10.1 Å². The van der Waals surface area contributed by atoms with E-state index in [1.807, 2.05) is 0 Å². The first-order valence-electron chi connectivity index (χ1n) is 6.38. The van der Waals surface area contributed by atoms with Gasteiger partial charge in [0.15, 0.2) is 0 Å². The number of nitrogens with zero attached hydrogens (tertiary/aromatic N) is 1. The van der Waals surface area contributed by atoms with Crippen molar-refractivity contribution in [2.45, 2.75) is 4.90 Å². The van der Waals surface area contributed by atoms with Gasteiger partial charge >= 0.3 is 0 Å². The lowest BCUT2D eigenvalue weighted by Gasteiger charge is -2.01. The number of carbonyl (C=O) groups is 1. The van der Waals surface area contributed by atoms with Crippen LogP contribution in [-0.4, -0.2) is 19.5 Å². The van der Waals surface area contributed by atoms with Gasteiger partial charge in [-0.05, 0) is 54.2 Å². The minimum absolute atomic E-state index is 0.00219. The molecular formula is C14H11N3O4S2. The van der Waals surface area contributed by atoms with Gasteiger partial charge in [0.2, 0.25) is 10.0 Å². The SMILES string of the molecule is NS(=O)(=O)c1ccc(N=C2NC(=O)S/C2=C\c2ccco2)cc1. The second kappa shape index (κ2) is 6.03. The van der Waals surface area contributed by atoms with Crippen LogP contribution < -0.4 is 10.5 Å². The maximum Gasteiger partial charge on any atom is 0.289 e. The highest BCUT2D eigenvalue weighted by atomic mass is 32.2. The molecule has 118 valence electrons. The minimum Gasteiger partial charge on any atom is -0.465 e. The number of benzene rings is 1. The van der Waals surface area contributed by atoms with E-state index in [1.165, 1.54) is 30.5 Å². The molecule has 3 N–H and O–H groups in total. The Kier molecular flexibility index (Phi) is 4.07. The van der Waals surface area contributed by atoms with Gasteiger partial charge in [-0.2, -0.15) is 0 Å². The van der Waals surface area contributed by atoms with Gasteiger partial charge in [-0.1, -0.05) is 0 Å². The maximum atomic E-state index is 11.6. The van der Waals surface area contributed by atoms with Crippen molar-refractivity contribution >= 4 is 44.6 Å². The van der Waals surface area contributed by atoms with Gasteiger partial charge in [0.05, 0.1) is 21.8 Å². The molecule has 0 bridgehead atoms. The Hall–Kier alpha value is -2.36. The van der Waals surface area contributed by atoms with Crippen molar-refractivity contribution in [3.05, 3.63) is 53.3 Å². The molecular weight excluding hydrogens is 338 g/mol. The predicted octanol–water partition coefficient (Wildman–Crippen LogP) is 2.45. The lowest BCUT2D eigenvalue weighted by Crippen LogP contribution is -2.18. The zero-order chi connectivity index (χ0) is 16.4. The molecule has 7 nitrogen and oxygen atoms in total. The summed E-state index contributed by atoms with van der Waals surface area (Å²) < 4.78 is 27.7. The van der Waals surface area contributed by atoms with E-state index in [1.54, 1.807) is 18.2 Å². The molecule has 0 aliphatic carbocycles. The molecule has 1 fully saturated rings. The smallest absolute Gasteiger partial charge is 0.289 e. The van der Waals surface area contributed by atoms with Crippen molar-refractivity contribution in [1.82, 2.24) is 5.32 Å². The number of hydrogen-bond donors (Lipinski definition) is 2. The molecule has 1 amide bonds. The highest BCUT2D eigenvalue weighted by Crippen LogP contribution is 2.28. The largest absolute Gasteiger partial charge is 0.465 e. The molecule has 1 aromatic carbocycles. The van der Waals surface area contributed by atoms with Gasteiger partial charge in [-0.25, -0.2) is 18.5 Å². The number of furan rings is 1. The van der Waals surface area contributed by atoms with Gasteiger partial charge in [-0.3, -0.25) is 4.79 Å². The monoisotopic (exact) mass is 349 g/mol. The van der Waals surface area contributed by atoms with Crippen LogP contribution in [0.3, 0.4) is 0 Å². The van der Waals surface area contributed by atoms with Crippen LogP contribution in [0.4, 0.5) is 10.5 Å². The van der Waals surface area contributed by atoms with Crippen molar-refractivity contribution in [1.29, 1.82) is 0 Å². The van der Waals surface area contributed by atoms with E-state index in [2.05, 4.69) is 10.3 Å². The second-order valence-corrected chi connectivity index (χ2v) is 7.11. The van der Waals surface area contributed by atoms with Gasteiger partial charge in [-0.15, -0.1) is 0 Å². The Morgan fingerprint density at radius 3 is 2.57 bits per heavy atom. The normalized spacial score (nSPS) is 18.6. The molecule has 0 atom stereocenters. The first-order chi connectivity index (χ1) is 10.9. The standard InChI is InChI=1S/C14H11N3O4S2/c15-23(19,20)11-5-3-9(4-6-11)16-13-12(22-14(18)17-13)8-10-2-1-7-21-10/h1-8H,(H2,15,19,20)(H,16,17,18)/b12-8-. The molecule has 2 aromatic rings. The minimum atomic E-state index is -3.75. The summed E-state index contributed by atoms with van der Waals surface area (Å²) >= 11 is 1.00. The Balaban J connectivity index is 1.92. The van der Waals surface area contributed by atoms with Gasteiger partial charge in [0.1, 0.15) is 11.6 Å². The fourth-order valence-corrected chi connectivity index (χ4v) is 3.09. The Bertz CT molecular complexity index is 898. The molecule has 1 aromatic heterocycles. The number of hydrogen-bond acceptors (Lipinski definition) is 6. The van der Waals surface area contributed by atoms with E-state index in [4.69, 9.17) is 9.56 Å². The number of sulfonamides is 1. The molecule has 0 spiro atoms. The number of rotatable bonds is 3. The molecule has 0 unspecified atom stereocenters. The number of nitrogens with two attached hydrogens (primary N) is 1. The highest BCUT2D eigenvalue weighted by Gasteiger charge is 2.24. The van der Waals surface area contributed by atoms with Crippen LogP contribution in [0.2, 0.25) is 0 Å². The molecule has 1 aliphatic rings. The summed E-state index contributed by atoms with van der Waals surface area (Å²) in [5.74, 6) is 0.973. The average Bonchev–Trinajstić information content (AvgIpc) is 3.09. The summed E-state index contributed by atoms with van der Waals surface area (Å²) in [5.41, 5.74) is 0.487. The van der Waals surface area contributed by atoms with Crippen LogP contribution in [0.5, 0.6) is 0 Å². The van der Waals surface area contributed by atoms with E-state index in [-0.39, 0.29) is 10.1 Å². The Morgan fingerprint density at radius 2 is 1.96 bits per heavy atom. The quantitative estimate of drug-likeness (QED) is 0.883. The highest BCUT2D eigenvalue weighted by molar-refractivity contribution is 8.18. The number of nitrogens with one attached hydrogen (secondary N) is 1. The zero-order valence-corrected chi connectivity index (χ0v) is 13.2. The van der Waals surface area contributed by atoms with Crippen LogP contribution in [0.15, 0.2) is 61.9 Å². The zero-order valence-electron chi connectivity index (χ0n) is 11.6. The average molecular weight is 349 g/mol. The molecule has 2 heterocycles. The van der Waals surface area contributed by atoms with E-state index in [9.17, 15) is 13.2 Å². The van der Waals surface area contributed by atoms with Crippen LogP contribution in [0.25, 0.3) is 6.08 Å². The summed E-state index contributed by atoms with van der Waals surface area (Å²) in [5, 5.41) is 7.43. The van der Waals surface area contributed by atoms with Crippen molar-refractivity contribution in [3.63, 3.8) is 0 Å². The van der Waals surface area contributed by atoms with Gasteiger partial charge in [0, 0.05) is 0 Å². The third-order valence-electron chi connectivity index (χ3n) is 2.88. The van der Waals surface area contributed by atoms with Gasteiger partial charge < -0.3 is 9.73 Å². The number of thioether (sulfide) groups is 1. The summed E-state index contributed by atoms with van der Waals surface area (Å²) in [6.45, 7) is 0. The van der Waals surface area contributed by atoms with Crippen LogP contribution in [-0.2, 0) is 10.0 Å². The predicted molar refractivity (Wildman–Crippen MR) is 87.7 cm³/mol. The topological polar surface area (TPSA) is 115 Å². The second-order valence-electron chi connectivity index (χ2n) is 4.54. The summed E-state index contributed by atoms with van der Waals surface area (Å²) in [6, 6.07) is 9.22. The molecule has 9 heteroatoms. The number of amides is 1. The maximum absolute atomic E-state index is 11.6. The lowest BCUT2D eigenvalue weighted by atomic mass is 10.3. The first-order valence-corrected chi connectivity index (χ1v) is 8.74. The fourth-order valence-electron chi connectivity index (χ4n) is 1.85. The van der Waals surface area contributed by atoms with E-state index < -0.39 is 10.0 Å². The molecule has 0 saturated carbocycles. The van der Waals surface area contributed by atoms with Crippen LogP contribution in [0.1, 0.15) is 5.76 Å². The first kappa shape index (κ1) is 15.5. The molecule has 0 radical (unpaired) electrons. The van der Waals surface area contributed by atoms with E-state index >= 15 is 0 Å². The van der Waals surface area contributed by atoms with Crippen molar-refractivity contribution in [2.75, 3.05) is 0 Å². The number of carbonyl (C=O) groups excluding carboxylic acids is 1. The molecule has 1 saturated heterocycles. The molecule has 3 rings (SSSR count). The Morgan fingerprint density at radius 1 is 1.22 bits per heavy atom. The molecule has 1 aliphatic heterocycles. The Labute approximate surface area is 136 Å². The molecule has 23 heavy (non-hydrogen) atoms. The van der Waals surface area contributed by atoms with E-state index in [0.29, 0.717) is 22.2 Å². The third-order valence-corrected chi connectivity index (χ3v) is 4.63.